The van der Waals surface area contributed by atoms with Crippen molar-refractivity contribution < 1.29 is 5.11 Å². The smallest absolute Gasteiger partial charge is 0.0856 e. The van der Waals surface area contributed by atoms with Gasteiger partial charge in [-0.25, -0.2) is 5.11 Å². The lowest BCUT2D eigenvalue weighted by Crippen LogP contribution is -1.95. The molecule has 0 aromatic heterocycles. The highest BCUT2D eigenvalue weighted by Gasteiger charge is 1.94. The molecule has 0 saturated heterocycles. The summed E-state index contributed by atoms with van der Waals surface area (Å²) in [6, 6.07) is 0. The van der Waals surface area contributed by atoms with Crippen molar-refractivity contribution in [1.82, 2.24) is 0 Å². The molecule has 0 aromatic carbocycles. The van der Waals surface area contributed by atoms with Crippen LogP contribution in [0.25, 0.3) is 0 Å². The molecular formula is C6H9O. The normalized spacial score (nSPS) is 12.7. The van der Waals surface area contributed by atoms with E-state index in [1.807, 2.05) is 6.92 Å². The maximum atomic E-state index is 9.92. The molecule has 7 heavy (non-hydrogen) atoms. The monoisotopic (exact) mass is 97.1 g/mol. The summed E-state index contributed by atoms with van der Waals surface area (Å²) in [6.07, 6.45) is 5.53. The summed E-state index contributed by atoms with van der Waals surface area (Å²) in [5.74, 6) is 2.58. The molecular weight excluding hydrogens is 88.1 g/mol. The Labute approximate surface area is 44.4 Å². The van der Waals surface area contributed by atoms with Gasteiger partial charge >= 0.3 is 0 Å². The summed E-state index contributed by atoms with van der Waals surface area (Å²) >= 11 is 0. The molecule has 0 saturated carbocycles. The average Bonchev–Trinajstić information content (AvgIpc) is 1.68. The molecule has 0 fully saturated rings. The fourth-order valence-corrected chi connectivity index (χ4v) is 0.260. The Balaban J connectivity index is 3.03. The number of hydrogen-bond acceptors (Lipinski definition) is 0. The third-order valence-electron chi connectivity index (χ3n) is 0.751. The van der Waals surface area contributed by atoms with Gasteiger partial charge in [-0.3, -0.25) is 0 Å². The Morgan fingerprint density at radius 3 is 2.57 bits per heavy atom. The Morgan fingerprint density at radius 1 is 1.86 bits per heavy atom. The fraction of sp³-hybridized carbons (Fsp3) is 0.667. The van der Waals surface area contributed by atoms with Crippen LogP contribution in [0.15, 0.2) is 0 Å². The van der Waals surface area contributed by atoms with Gasteiger partial charge in [0.25, 0.3) is 0 Å². The molecule has 0 aliphatic heterocycles. The van der Waals surface area contributed by atoms with Crippen LogP contribution >= 0.6 is 0 Å². The molecule has 0 N–H and O–H groups in total. The highest BCUT2D eigenvalue weighted by Crippen LogP contribution is 1.96. The molecule has 0 heterocycles. The minimum Gasteiger partial charge on any atom is -0.236 e. The summed E-state index contributed by atoms with van der Waals surface area (Å²) in [5.41, 5.74) is 0. The fourth-order valence-electron chi connectivity index (χ4n) is 0.260. The van der Waals surface area contributed by atoms with Gasteiger partial charge < -0.3 is 0 Å². The Bertz CT molecular complexity index is 70.7. The van der Waals surface area contributed by atoms with E-state index in [0.29, 0.717) is 6.42 Å². The van der Waals surface area contributed by atoms with E-state index in [1.165, 1.54) is 0 Å². The third kappa shape index (κ3) is 3.35. The number of rotatable bonds is 2. The van der Waals surface area contributed by atoms with E-state index < -0.39 is 0 Å². The van der Waals surface area contributed by atoms with Crippen LogP contribution in [0, 0.1) is 18.3 Å². The van der Waals surface area contributed by atoms with Gasteiger partial charge in [0.05, 0.1) is 6.61 Å². The minimum absolute atomic E-state index is 0.0514. The highest BCUT2D eigenvalue weighted by molar-refractivity contribution is 4.85. The lowest BCUT2D eigenvalue weighted by molar-refractivity contribution is 0.153. The average molecular weight is 97.1 g/mol. The molecule has 0 amide bonds. The van der Waals surface area contributed by atoms with E-state index in [4.69, 9.17) is 6.42 Å². The summed E-state index contributed by atoms with van der Waals surface area (Å²) in [4.78, 5) is 0. The second-order valence-electron chi connectivity index (χ2n) is 1.68. The summed E-state index contributed by atoms with van der Waals surface area (Å²) in [5, 5.41) is 9.92. The van der Waals surface area contributed by atoms with E-state index in [2.05, 4.69) is 5.92 Å². The molecule has 0 rings (SSSR count). The van der Waals surface area contributed by atoms with Gasteiger partial charge in [-0.15, -0.1) is 12.3 Å². The zero-order valence-corrected chi connectivity index (χ0v) is 4.48. The largest absolute Gasteiger partial charge is 0.236 e. The van der Waals surface area contributed by atoms with Crippen molar-refractivity contribution in [1.29, 1.82) is 0 Å². The van der Waals surface area contributed by atoms with E-state index in [0.717, 1.165) is 0 Å². The second-order valence-corrected chi connectivity index (χ2v) is 1.68. The Kier molecular flexibility index (Phi) is 3.45. The van der Waals surface area contributed by atoms with Crippen LogP contribution in [-0.2, 0) is 5.11 Å². The van der Waals surface area contributed by atoms with Crippen molar-refractivity contribution in [3.63, 3.8) is 0 Å². The van der Waals surface area contributed by atoms with Crippen LogP contribution in [0.4, 0.5) is 0 Å². The predicted octanol–water partition coefficient (Wildman–Crippen LogP) is 1.08. The third-order valence-corrected chi connectivity index (χ3v) is 0.751. The van der Waals surface area contributed by atoms with Crippen LogP contribution in [-0.4, -0.2) is 6.61 Å². The molecule has 1 heteroatoms. The first kappa shape index (κ1) is 6.52. The van der Waals surface area contributed by atoms with Gasteiger partial charge in [-0.05, 0) is 5.92 Å². The lowest BCUT2D eigenvalue weighted by atomic mass is 10.1. The van der Waals surface area contributed by atoms with Gasteiger partial charge in [0.15, 0.2) is 0 Å². The maximum absolute atomic E-state index is 9.92. The molecule has 39 valence electrons. The highest BCUT2D eigenvalue weighted by atomic mass is 16.3. The van der Waals surface area contributed by atoms with E-state index in [1.54, 1.807) is 0 Å². The molecule has 0 spiro atoms. The molecule has 1 nitrogen and oxygen atoms in total. The van der Waals surface area contributed by atoms with Crippen molar-refractivity contribution >= 4 is 0 Å². The van der Waals surface area contributed by atoms with E-state index in [9.17, 15) is 5.11 Å². The predicted molar refractivity (Wildman–Crippen MR) is 28.2 cm³/mol. The van der Waals surface area contributed by atoms with Crippen LogP contribution in [0.3, 0.4) is 0 Å². The number of hydrogen-bond donors (Lipinski definition) is 0. The number of terminal acetylenes is 1. The van der Waals surface area contributed by atoms with Crippen molar-refractivity contribution in [2.24, 2.45) is 5.92 Å². The zero-order valence-electron chi connectivity index (χ0n) is 4.48. The van der Waals surface area contributed by atoms with Crippen molar-refractivity contribution in [2.75, 3.05) is 6.61 Å². The first-order valence-electron chi connectivity index (χ1n) is 2.32. The standard InChI is InChI=1S/C6H9O/c1-3-4-6(2)5-7/h1,6H,4-5H2,2H3. The van der Waals surface area contributed by atoms with E-state index >= 15 is 0 Å². The van der Waals surface area contributed by atoms with Gasteiger partial charge in [0, 0.05) is 6.42 Å². The second kappa shape index (κ2) is 3.70. The van der Waals surface area contributed by atoms with Gasteiger partial charge in [-0.2, -0.15) is 0 Å². The Hall–Kier alpha value is -0.480. The summed E-state index contributed by atoms with van der Waals surface area (Å²) in [6.45, 7) is 1.80. The quantitative estimate of drug-likeness (QED) is 0.459. The summed E-state index contributed by atoms with van der Waals surface area (Å²) < 4.78 is 0. The van der Waals surface area contributed by atoms with Crippen LogP contribution < -0.4 is 0 Å². The first-order chi connectivity index (χ1) is 3.31. The molecule has 1 radical (unpaired) electrons. The van der Waals surface area contributed by atoms with Crippen LogP contribution in [0.5, 0.6) is 0 Å². The van der Waals surface area contributed by atoms with Crippen LogP contribution in [0.2, 0.25) is 0 Å². The summed E-state index contributed by atoms with van der Waals surface area (Å²) in [7, 11) is 0. The minimum atomic E-state index is -0.0514. The first-order valence-corrected chi connectivity index (χ1v) is 2.32. The van der Waals surface area contributed by atoms with Gasteiger partial charge in [0.1, 0.15) is 0 Å². The van der Waals surface area contributed by atoms with E-state index in [-0.39, 0.29) is 12.5 Å². The molecule has 0 bridgehead atoms. The van der Waals surface area contributed by atoms with Crippen molar-refractivity contribution in [3.05, 3.63) is 0 Å². The molecule has 1 unspecified atom stereocenters. The molecule has 0 aliphatic carbocycles. The zero-order chi connectivity index (χ0) is 5.70. The van der Waals surface area contributed by atoms with Crippen LogP contribution in [0.1, 0.15) is 13.3 Å². The van der Waals surface area contributed by atoms with Gasteiger partial charge in [-0.1, -0.05) is 6.92 Å². The maximum Gasteiger partial charge on any atom is 0.0856 e. The lowest BCUT2D eigenvalue weighted by Gasteiger charge is -1.95. The van der Waals surface area contributed by atoms with Crippen molar-refractivity contribution in [2.45, 2.75) is 13.3 Å². The van der Waals surface area contributed by atoms with Crippen molar-refractivity contribution in [3.8, 4) is 12.3 Å². The van der Waals surface area contributed by atoms with Gasteiger partial charge in [0.2, 0.25) is 0 Å². The topological polar surface area (TPSA) is 19.9 Å². The molecule has 0 aliphatic rings. The Morgan fingerprint density at radius 2 is 2.43 bits per heavy atom. The molecule has 1 atom stereocenters. The SMILES string of the molecule is C#CCC(C)C[O]. The molecule has 0 aromatic rings.